The lowest BCUT2D eigenvalue weighted by Gasteiger charge is -2.37. The first-order valence-electron chi connectivity index (χ1n) is 10.2. The van der Waals surface area contributed by atoms with Crippen LogP contribution in [0.2, 0.25) is 5.02 Å². The number of amides is 2. The van der Waals surface area contributed by atoms with Gasteiger partial charge in [-0.15, -0.1) is 0 Å². The van der Waals surface area contributed by atoms with E-state index in [2.05, 4.69) is 10.6 Å². The number of ether oxygens (including phenoxy) is 2. The molecule has 1 aromatic carbocycles. The van der Waals surface area contributed by atoms with Gasteiger partial charge in [0.05, 0.1) is 25.2 Å². The van der Waals surface area contributed by atoms with Gasteiger partial charge in [-0.05, 0) is 37.3 Å². The van der Waals surface area contributed by atoms with Gasteiger partial charge >= 0.3 is 0 Å². The number of hydrogen-bond donors (Lipinski definition) is 3. The number of rotatable bonds is 7. The van der Waals surface area contributed by atoms with Gasteiger partial charge in [0, 0.05) is 30.7 Å². The molecule has 3 atom stereocenters. The molecule has 2 heterocycles. The van der Waals surface area contributed by atoms with Crippen molar-refractivity contribution in [3.05, 3.63) is 34.9 Å². The maximum Gasteiger partial charge on any atom is 0.223 e. The van der Waals surface area contributed by atoms with Crippen LogP contribution < -0.4 is 10.6 Å². The van der Waals surface area contributed by atoms with Crippen molar-refractivity contribution in [2.24, 2.45) is 5.92 Å². The van der Waals surface area contributed by atoms with Gasteiger partial charge in [-0.25, -0.2) is 0 Å². The fraction of sp³-hybridized carbons (Fsp3) is 0.619. The summed E-state index contributed by atoms with van der Waals surface area (Å²) >= 11 is 6.11. The fourth-order valence-electron chi connectivity index (χ4n) is 3.82. The molecule has 2 aliphatic heterocycles. The molecule has 0 saturated carbocycles. The summed E-state index contributed by atoms with van der Waals surface area (Å²) in [6, 6.07) is 7.13. The molecule has 2 amide bonds. The van der Waals surface area contributed by atoms with Crippen molar-refractivity contribution in [1.29, 1.82) is 0 Å². The van der Waals surface area contributed by atoms with Gasteiger partial charge in [-0.1, -0.05) is 29.8 Å². The van der Waals surface area contributed by atoms with Gasteiger partial charge < -0.3 is 25.2 Å². The van der Waals surface area contributed by atoms with E-state index >= 15 is 0 Å². The lowest BCUT2D eigenvalue weighted by Crippen LogP contribution is -2.53. The Morgan fingerprint density at radius 1 is 1.14 bits per heavy atom. The summed E-state index contributed by atoms with van der Waals surface area (Å²) in [7, 11) is 0. The van der Waals surface area contributed by atoms with Crippen LogP contribution in [0.3, 0.4) is 0 Å². The Morgan fingerprint density at radius 3 is 2.62 bits per heavy atom. The van der Waals surface area contributed by atoms with Crippen molar-refractivity contribution < 1.29 is 24.2 Å². The molecule has 2 fully saturated rings. The lowest BCUT2D eigenvalue weighted by molar-refractivity contribution is -0.139. The summed E-state index contributed by atoms with van der Waals surface area (Å²) in [5.41, 5.74) is 0.858. The summed E-state index contributed by atoms with van der Waals surface area (Å²) in [5.74, 6) is -0.177. The molecule has 2 saturated heterocycles. The topological polar surface area (TPSA) is 96.9 Å². The van der Waals surface area contributed by atoms with Crippen molar-refractivity contribution in [2.45, 2.75) is 56.9 Å². The predicted octanol–water partition coefficient (Wildman–Crippen LogP) is 1.80. The maximum absolute atomic E-state index is 12.5. The molecule has 8 heteroatoms. The van der Waals surface area contributed by atoms with Gasteiger partial charge in [-0.3, -0.25) is 9.59 Å². The number of hydrogen-bond acceptors (Lipinski definition) is 5. The first-order chi connectivity index (χ1) is 14.1. The van der Waals surface area contributed by atoms with Crippen molar-refractivity contribution in [3.63, 3.8) is 0 Å². The zero-order valence-corrected chi connectivity index (χ0v) is 17.2. The summed E-state index contributed by atoms with van der Waals surface area (Å²) in [5, 5.41) is 16.2. The number of benzene rings is 1. The van der Waals surface area contributed by atoms with Crippen LogP contribution in [0.5, 0.6) is 0 Å². The Balaban J connectivity index is 1.44. The first kappa shape index (κ1) is 22.0. The highest BCUT2D eigenvalue weighted by molar-refractivity contribution is 6.31. The molecular formula is C21H29ClN2O5. The van der Waals surface area contributed by atoms with E-state index < -0.39 is 6.10 Å². The molecule has 160 valence electrons. The smallest absolute Gasteiger partial charge is 0.223 e. The molecule has 0 spiro atoms. The van der Waals surface area contributed by atoms with E-state index in [0.29, 0.717) is 37.6 Å². The van der Waals surface area contributed by atoms with E-state index in [9.17, 15) is 14.7 Å². The molecular weight excluding hydrogens is 396 g/mol. The zero-order chi connectivity index (χ0) is 20.6. The molecule has 0 unspecified atom stereocenters. The minimum Gasteiger partial charge on any atom is -0.394 e. The Bertz CT molecular complexity index is 695. The molecule has 0 bridgehead atoms. The third-order valence-corrected chi connectivity index (χ3v) is 5.93. The SMILES string of the molecule is O=C(C[C@@H]1CC[C@H](NC(=O)C2CCOCC2)[C@@H](CO)O1)NCc1ccccc1Cl. The van der Waals surface area contributed by atoms with Crippen LogP contribution in [0.1, 0.15) is 37.7 Å². The number of halogens is 1. The largest absolute Gasteiger partial charge is 0.394 e. The molecule has 7 nitrogen and oxygen atoms in total. The van der Waals surface area contributed by atoms with Crippen molar-refractivity contribution >= 4 is 23.4 Å². The molecule has 2 aliphatic rings. The van der Waals surface area contributed by atoms with E-state index in [4.69, 9.17) is 21.1 Å². The van der Waals surface area contributed by atoms with Crippen LogP contribution in [-0.4, -0.2) is 55.0 Å². The fourth-order valence-corrected chi connectivity index (χ4v) is 4.02. The minimum absolute atomic E-state index is 0.00344. The van der Waals surface area contributed by atoms with E-state index in [0.717, 1.165) is 18.4 Å². The molecule has 29 heavy (non-hydrogen) atoms. The Hall–Kier alpha value is -1.67. The number of aliphatic hydroxyl groups excluding tert-OH is 1. The third kappa shape index (κ3) is 6.40. The van der Waals surface area contributed by atoms with Crippen LogP contribution in [0.4, 0.5) is 0 Å². The normalized spacial score (nSPS) is 25.4. The van der Waals surface area contributed by atoms with Crippen molar-refractivity contribution in [2.75, 3.05) is 19.8 Å². The molecule has 3 N–H and O–H groups in total. The van der Waals surface area contributed by atoms with E-state index in [1.165, 1.54) is 0 Å². The average Bonchev–Trinajstić information content (AvgIpc) is 2.74. The average molecular weight is 425 g/mol. The quantitative estimate of drug-likeness (QED) is 0.620. The van der Waals surface area contributed by atoms with Gasteiger partial charge in [0.15, 0.2) is 0 Å². The second-order valence-electron chi connectivity index (χ2n) is 7.63. The van der Waals surface area contributed by atoms with Gasteiger partial charge in [0.2, 0.25) is 11.8 Å². The van der Waals surface area contributed by atoms with Crippen molar-refractivity contribution in [1.82, 2.24) is 10.6 Å². The van der Waals surface area contributed by atoms with Crippen LogP contribution in [0.15, 0.2) is 24.3 Å². The number of nitrogens with one attached hydrogen (secondary N) is 2. The van der Waals surface area contributed by atoms with Crippen LogP contribution >= 0.6 is 11.6 Å². The zero-order valence-electron chi connectivity index (χ0n) is 16.4. The monoisotopic (exact) mass is 424 g/mol. The summed E-state index contributed by atoms with van der Waals surface area (Å²) in [4.78, 5) is 24.7. The van der Waals surface area contributed by atoms with E-state index in [1.807, 2.05) is 18.2 Å². The maximum atomic E-state index is 12.5. The highest BCUT2D eigenvalue weighted by Gasteiger charge is 2.34. The second-order valence-corrected chi connectivity index (χ2v) is 8.04. The first-order valence-corrected chi connectivity index (χ1v) is 10.6. The van der Waals surface area contributed by atoms with Crippen LogP contribution in [-0.2, 0) is 25.6 Å². The highest BCUT2D eigenvalue weighted by atomic mass is 35.5. The Labute approximate surface area is 176 Å². The molecule has 3 rings (SSSR count). The molecule has 0 aliphatic carbocycles. The highest BCUT2D eigenvalue weighted by Crippen LogP contribution is 2.23. The molecule has 0 aromatic heterocycles. The Kier molecular flexibility index (Phi) is 8.29. The lowest BCUT2D eigenvalue weighted by atomic mass is 9.94. The van der Waals surface area contributed by atoms with Gasteiger partial charge in [0.25, 0.3) is 0 Å². The van der Waals surface area contributed by atoms with Gasteiger partial charge in [-0.2, -0.15) is 0 Å². The predicted molar refractivity (Wildman–Crippen MR) is 108 cm³/mol. The molecule has 1 aromatic rings. The second kappa shape index (κ2) is 10.9. The third-order valence-electron chi connectivity index (χ3n) is 5.56. The van der Waals surface area contributed by atoms with Crippen LogP contribution in [0, 0.1) is 5.92 Å². The number of carbonyl (C=O) groups is 2. The minimum atomic E-state index is -0.506. The summed E-state index contributed by atoms with van der Waals surface area (Å²) < 4.78 is 11.2. The standard InChI is InChI=1S/C21H29ClN2O5/c22-17-4-2-1-3-15(17)12-23-20(26)11-16-5-6-18(19(13-25)29-16)24-21(27)14-7-9-28-10-8-14/h1-4,14,16,18-19,25H,5-13H2,(H,23,26)(H,24,27)/t16-,18-,19+/m0/s1. The van der Waals surface area contributed by atoms with Crippen LogP contribution in [0.25, 0.3) is 0 Å². The van der Waals surface area contributed by atoms with Crippen molar-refractivity contribution in [3.8, 4) is 0 Å². The number of aliphatic hydroxyl groups is 1. The summed E-state index contributed by atoms with van der Waals surface area (Å²) in [6.07, 6.45) is 2.18. The van der Waals surface area contributed by atoms with E-state index in [-0.39, 0.29) is 42.9 Å². The summed E-state index contributed by atoms with van der Waals surface area (Å²) in [6.45, 7) is 1.37. The van der Waals surface area contributed by atoms with E-state index in [1.54, 1.807) is 6.07 Å². The Morgan fingerprint density at radius 2 is 1.90 bits per heavy atom. The number of carbonyl (C=O) groups excluding carboxylic acids is 2. The van der Waals surface area contributed by atoms with Gasteiger partial charge in [0.1, 0.15) is 6.10 Å². The molecule has 0 radical (unpaired) electrons.